The van der Waals surface area contributed by atoms with Gasteiger partial charge in [-0.15, -0.1) is 0 Å². The maximum atomic E-state index is 12.1. The number of carboxylic acids is 1. The smallest absolute Gasteiger partial charge is 0.305 e. The van der Waals surface area contributed by atoms with E-state index >= 15 is 0 Å². The number of carbonyl (C=O) groups excluding carboxylic acids is 1. The van der Waals surface area contributed by atoms with Crippen molar-refractivity contribution in [2.75, 3.05) is 19.8 Å². The van der Waals surface area contributed by atoms with E-state index < -0.39 is 11.5 Å². The Kier molecular flexibility index (Phi) is 5.60. The molecule has 0 aromatic heterocycles. The van der Waals surface area contributed by atoms with Gasteiger partial charge in [0, 0.05) is 6.61 Å². The number of benzene rings is 1. The van der Waals surface area contributed by atoms with E-state index in [-0.39, 0.29) is 32.0 Å². The normalized spacial score (nSPS) is 20.3. The summed E-state index contributed by atoms with van der Waals surface area (Å²) in [6, 6.07) is 5.91. The minimum atomic E-state index is -0.942. The zero-order chi connectivity index (χ0) is 16.9. The van der Waals surface area contributed by atoms with Gasteiger partial charge in [-0.05, 0) is 37.5 Å². The highest BCUT2D eigenvalue weighted by Crippen LogP contribution is 2.23. The molecule has 1 heterocycles. The van der Waals surface area contributed by atoms with Gasteiger partial charge in [0.05, 0.1) is 31.6 Å². The van der Waals surface area contributed by atoms with Gasteiger partial charge in [-0.1, -0.05) is 12.1 Å². The lowest BCUT2D eigenvalue weighted by Crippen LogP contribution is -2.50. The fourth-order valence-corrected chi connectivity index (χ4v) is 2.65. The van der Waals surface area contributed by atoms with Crippen LogP contribution in [0.2, 0.25) is 0 Å². The maximum absolute atomic E-state index is 12.1. The van der Waals surface area contributed by atoms with Crippen LogP contribution in [0.25, 0.3) is 0 Å². The average molecular weight is 321 g/mol. The van der Waals surface area contributed by atoms with Gasteiger partial charge < -0.3 is 19.9 Å². The SMILES string of the molecule is Cc1ccc(C)c(OCCC(=O)NC2(CC(=O)O)CCOC2)c1. The van der Waals surface area contributed by atoms with Crippen molar-refractivity contribution < 1.29 is 24.2 Å². The van der Waals surface area contributed by atoms with Crippen molar-refractivity contribution in [3.05, 3.63) is 29.3 Å². The Hall–Kier alpha value is -2.08. The molecular weight excluding hydrogens is 298 g/mol. The Balaban J connectivity index is 1.84. The number of rotatable bonds is 7. The molecule has 0 saturated carbocycles. The predicted octanol–water partition coefficient (Wildman–Crippen LogP) is 1.82. The first-order valence-corrected chi connectivity index (χ1v) is 7.71. The molecule has 6 nitrogen and oxygen atoms in total. The zero-order valence-electron chi connectivity index (χ0n) is 13.6. The van der Waals surface area contributed by atoms with Crippen molar-refractivity contribution in [2.45, 2.75) is 38.6 Å². The number of aliphatic carboxylic acids is 1. The highest BCUT2D eigenvalue weighted by Gasteiger charge is 2.38. The van der Waals surface area contributed by atoms with E-state index in [1.807, 2.05) is 32.0 Å². The molecule has 2 rings (SSSR count). The average Bonchev–Trinajstić information content (AvgIpc) is 2.89. The molecule has 1 aromatic carbocycles. The molecular formula is C17H23NO5. The number of ether oxygens (including phenoxy) is 2. The maximum Gasteiger partial charge on any atom is 0.305 e. The summed E-state index contributed by atoms with van der Waals surface area (Å²) >= 11 is 0. The fraction of sp³-hybridized carbons (Fsp3) is 0.529. The van der Waals surface area contributed by atoms with E-state index in [0.29, 0.717) is 13.0 Å². The number of hydrogen-bond acceptors (Lipinski definition) is 4. The summed E-state index contributed by atoms with van der Waals surface area (Å²) in [6.45, 7) is 4.89. The first-order chi connectivity index (χ1) is 10.9. The third-order valence-electron chi connectivity index (χ3n) is 3.93. The second-order valence-electron chi connectivity index (χ2n) is 6.07. The molecule has 1 aromatic rings. The molecule has 0 bridgehead atoms. The standard InChI is InChI=1S/C17H23NO5/c1-12-3-4-13(2)14(9-12)23-7-5-15(19)18-17(10-16(20)21)6-8-22-11-17/h3-4,9H,5-8,10-11H2,1-2H3,(H,18,19)(H,20,21). The van der Waals surface area contributed by atoms with Gasteiger partial charge >= 0.3 is 5.97 Å². The van der Waals surface area contributed by atoms with Crippen molar-refractivity contribution in [3.63, 3.8) is 0 Å². The largest absolute Gasteiger partial charge is 0.493 e. The predicted molar refractivity (Wildman–Crippen MR) is 84.6 cm³/mol. The highest BCUT2D eigenvalue weighted by molar-refractivity contribution is 5.78. The molecule has 0 aliphatic carbocycles. The van der Waals surface area contributed by atoms with Crippen LogP contribution in [0.4, 0.5) is 0 Å². The molecule has 23 heavy (non-hydrogen) atoms. The van der Waals surface area contributed by atoms with Crippen molar-refractivity contribution in [1.82, 2.24) is 5.32 Å². The summed E-state index contributed by atoms with van der Waals surface area (Å²) in [5.41, 5.74) is 1.32. The molecule has 0 radical (unpaired) electrons. The Labute approximate surface area is 135 Å². The third kappa shape index (κ3) is 4.96. The van der Waals surface area contributed by atoms with Crippen LogP contribution >= 0.6 is 0 Å². The summed E-state index contributed by atoms with van der Waals surface area (Å²) in [4.78, 5) is 23.1. The summed E-state index contributed by atoms with van der Waals surface area (Å²) in [7, 11) is 0. The Morgan fingerprint density at radius 2 is 2.17 bits per heavy atom. The number of hydrogen-bond donors (Lipinski definition) is 2. The monoisotopic (exact) mass is 321 g/mol. The molecule has 126 valence electrons. The third-order valence-corrected chi connectivity index (χ3v) is 3.93. The molecule has 2 N–H and O–H groups in total. The van der Waals surface area contributed by atoms with E-state index in [9.17, 15) is 9.59 Å². The van der Waals surface area contributed by atoms with Crippen molar-refractivity contribution >= 4 is 11.9 Å². The second kappa shape index (κ2) is 7.46. The summed E-state index contributed by atoms with van der Waals surface area (Å²) in [6.07, 6.45) is 0.564. The minimum Gasteiger partial charge on any atom is -0.493 e. The molecule has 1 amide bonds. The number of nitrogens with one attached hydrogen (secondary N) is 1. The molecule has 6 heteroatoms. The van der Waals surface area contributed by atoms with E-state index in [1.165, 1.54) is 0 Å². The molecule has 0 spiro atoms. The van der Waals surface area contributed by atoms with E-state index in [4.69, 9.17) is 14.6 Å². The molecule has 1 aliphatic rings. The van der Waals surface area contributed by atoms with Gasteiger partial charge in [0.1, 0.15) is 5.75 Å². The zero-order valence-corrected chi connectivity index (χ0v) is 13.6. The summed E-state index contributed by atoms with van der Waals surface area (Å²) in [5.74, 6) is -0.397. The Morgan fingerprint density at radius 1 is 1.39 bits per heavy atom. The van der Waals surface area contributed by atoms with Crippen molar-refractivity contribution in [1.29, 1.82) is 0 Å². The van der Waals surface area contributed by atoms with Gasteiger partial charge in [0.2, 0.25) is 5.91 Å². The summed E-state index contributed by atoms with van der Waals surface area (Å²) < 4.78 is 10.9. The Morgan fingerprint density at radius 3 is 2.83 bits per heavy atom. The molecule has 1 aliphatic heterocycles. The van der Waals surface area contributed by atoms with Gasteiger partial charge in [-0.3, -0.25) is 9.59 Å². The van der Waals surface area contributed by atoms with E-state index in [0.717, 1.165) is 16.9 Å². The Bertz CT molecular complexity index is 578. The number of carboxylic acid groups (broad SMARTS) is 1. The molecule has 1 fully saturated rings. The number of amides is 1. The quantitative estimate of drug-likeness (QED) is 0.800. The second-order valence-corrected chi connectivity index (χ2v) is 6.07. The van der Waals surface area contributed by atoms with Crippen LogP contribution in [0.5, 0.6) is 5.75 Å². The number of carbonyl (C=O) groups is 2. The van der Waals surface area contributed by atoms with E-state index in [1.54, 1.807) is 0 Å². The fourth-order valence-electron chi connectivity index (χ4n) is 2.65. The number of aryl methyl sites for hydroxylation is 2. The first-order valence-electron chi connectivity index (χ1n) is 7.71. The van der Waals surface area contributed by atoms with Crippen molar-refractivity contribution in [2.24, 2.45) is 0 Å². The lowest BCUT2D eigenvalue weighted by Gasteiger charge is -2.27. The van der Waals surface area contributed by atoms with Crippen LogP contribution in [0.1, 0.15) is 30.4 Å². The van der Waals surface area contributed by atoms with Crippen LogP contribution in [0, 0.1) is 13.8 Å². The molecule has 1 atom stereocenters. The lowest BCUT2D eigenvalue weighted by molar-refractivity contribution is -0.139. The first kappa shape index (κ1) is 17.3. The van der Waals surface area contributed by atoms with Crippen molar-refractivity contribution in [3.8, 4) is 5.75 Å². The van der Waals surface area contributed by atoms with Gasteiger partial charge in [-0.2, -0.15) is 0 Å². The van der Waals surface area contributed by atoms with Gasteiger partial charge in [-0.25, -0.2) is 0 Å². The van der Waals surface area contributed by atoms with Crippen LogP contribution in [-0.4, -0.2) is 42.3 Å². The summed E-state index contributed by atoms with van der Waals surface area (Å²) in [5, 5.41) is 11.8. The van der Waals surface area contributed by atoms with Crippen LogP contribution in [-0.2, 0) is 14.3 Å². The van der Waals surface area contributed by atoms with Gasteiger partial charge in [0.15, 0.2) is 0 Å². The minimum absolute atomic E-state index is 0.128. The van der Waals surface area contributed by atoms with Crippen LogP contribution in [0.15, 0.2) is 18.2 Å². The van der Waals surface area contributed by atoms with Gasteiger partial charge in [0.25, 0.3) is 0 Å². The van der Waals surface area contributed by atoms with Crippen LogP contribution in [0.3, 0.4) is 0 Å². The molecule has 1 unspecified atom stereocenters. The van der Waals surface area contributed by atoms with Crippen LogP contribution < -0.4 is 10.1 Å². The van der Waals surface area contributed by atoms with E-state index in [2.05, 4.69) is 5.32 Å². The lowest BCUT2D eigenvalue weighted by atomic mass is 9.94. The highest BCUT2D eigenvalue weighted by atomic mass is 16.5. The molecule has 1 saturated heterocycles. The topological polar surface area (TPSA) is 84.9 Å².